The minimum atomic E-state index is -4.08. The standard InChI is InChI=1S/C24H20ClN3O6S/c1-32-20-13-16(12-17(14-29)22(20)33-2)21(28-35(30,31)19-10-8-18(25)9-11-19)24-27-26-23(34-24)15-6-4-3-5-7-15/h3-14,21,28H,1-2H3. The van der Waals surface area contributed by atoms with E-state index in [9.17, 15) is 13.2 Å². The second-order valence-corrected chi connectivity index (χ2v) is 9.43. The number of hydrogen-bond acceptors (Lipinski definition) is 8. The highest BCUT2D eigenvalue weighted by Crippen LogP contribution is 2.36. The lowest BCUT2D eigenvalue weighted by Crippen LogP contribution is -2.30. The van der Waals surface area contributed by atoms with Crippen LogP contribution in [-0.4, -0.2) is 39.1 Å². The Labute approximate surface area is 206 Å². The summed E-state index contributed by atoms with van der Waals surface area (Å²) in [6.45, 7) is 0. The first kappa shape index (κ1) is 24.4. The Morgan fingerprint density at radius 3 is 2.34 bits per heavy atom. The van der Waals surface area contributed by atoms with Crippen LogP contribution in [0.15, 0.2) is 76.0 Å². The minimum absolute atomic E-state index is 0.0224. The van der Waals surface area contributed by atoms with Crippen molar-refractivity contribution in [2.75, 3.05) is 14.2 Å². The van der Waals surface area contributed by atoms with Gasteiger partial charge in [-0.1, -0.05) is 29.8 Å². The van der Waals surface area contributed by atoms with Gasteiger partial charge in [0.1, 0.15) is 6.04 Å². The van der Waals surface area contributed by atoms with E-state index < -0.39 is 16.1 Å². The molecule has 1 aromatic heterocycles. The third-order valence-electron chi connectivity index (χ3n) is 5.10. The van der Waals surface area contributed by atoms with Crippen LogP contribution in [0.25, 0.3) is 11.5 Å². The number of benzene rings is 3. The third-order valence-corrected chi connectivity index (χ3v) is 6.79. The van der Waals surface area contributed by atoms with Crippen LogP contribution in [0.1, 0.15) is 27.9 Å². The first-order valence-electron chi connectivity index (χ1n) is 10.2. The van der Waals surface area contributed by atoms with Crippen molar-refractivity contribution in [1.82, 2.24) is 14.9 Å². The second-order valence-electron chi connectivity index (χ2n) is 7.28. The van der Waals surface area contributed by atoms with E-state index in [1.54, 1.807) is 12.1 Å². The number of nitrogens with one attached hydrogen (secondary N) is 1. The largest absolute Gasteiger partial charge is 0.493 e. The molecule has 0 aliphatic heterocycles. The van der Waals surface area contributed by atoms with Gasteiger partial charge in [0.05, 0.1) is 24.7 Å². The Morgan fingerprint density at radius 1 is 1.00 bits per heavy atom. The normalized spacial score (nSPS) is 12.2. The monoisotopic (exact) mass is 513 g/mol. The molecule has 0 aliphatic rings. The summed E-state index contributed by atoms with van der Waals surface area (Å²) in [6, 6.07) is 16.5. The molecule has 1 heterocycles. The predicted molar refractivity (Wildman–Crippen MR) is 128 cm³/mol. The van der Waals surface area contributed by atoms with Crippen molar-refractivity contribution in [2.24, 2.45) is 0 Å². The first-order chi connectivity index (χ1) is 16.9. The van der Waals surface area contributed by atoms with E-state index in [1.165, 1.54) is 50.6 Å². The Kier molecular flexibility index (Phi) is 7.15. The summed E-state index contributed by atoms with van der Waals surface area (Å²) in [6.07, 6.45) is 0.582. The van der Waals surface area contributed by atoms with E-state index in [2.05, 4.69) is 14.9 Å². The summed E-state index contributed by atoms with van der Waals surface area (Å²) >= 11 is 5.91. The molecule has 0 amide bonds. The molecule has 0 saturated heterocycles. The molecule has 3 aromatic carbocycles. The zero-order chi connectivity index (χ0) is 25.0. The molecule has 1 unspecified atom stereocenters. The lowest BCUT2D eigenvalue weighted by atomic mass is 10.0. The number of carbonyl (C=O) groups is 1. The van der Waals surface area contributed by atoms with Crippen LogP contribution < -0.4 is 14.2 Å². The van der Waals surface area contributed by atoms with Crippen LogP contribution in [0, 0.1) is 0 Å². The van der Waals surface area contributed by atoms with Crippen LogP contribution in [0.5, 0.6) is 11.5 Å². The first-order valence-corrected chi connectivity index (χ1v) is 12.1. The van der Waals surface area contributed by atoms with Crippen molar-refractivity contribution in [3.8, 4) is 23.0 Å². The molecule has 9 nitrogen and oxygen atoms in total. The van der Waals surface area contributed by atoms with Crippen molar-refractivity contribution in [1.29, 1.82) is 0 Å². The van der Waals surface area contributed by atoms with Gasteiger partial charge in [0.15, 0.2) is 17.8 Å². The van der Waals surface area contributed by atoms with Gasteiger partial charge in [-0.2, -0.15) is 4.72 Å². The SMILES string of the molecule is COc1cc(C(NS(=O)(=O)c2ccc(Cl)cc2)c2nnc(-c3ccccc3)o2)cc(C=O)c1OC. The van der Waals surface area contributed by atoms with Crippen molar-refractivity contribution in [2.45, 2.75) is 10.9 Å². The quantitative estimate of drug-likeness (QED) is 0.329. The fraction of sp³-hybridized carbons (Fsp3) is 0.125. The van der Waals surface area contributed by atoms with Gasteiger partial charge in [0.2, 0.25) is 21.8 Å². The van der Waals surface area contributed by atoms with Gasteiger partial charge in [-0.25, -0.2) is 8.42 Å². The molecule has 11 heteroatoms. The van der Waals surface area contributed by atoms with E-state index >= 15 is 0 Å². The van der Waals surface area contributed by atoms with Crippen molar-refractivity contribution in [3.63, 3.8) is 0 Å². The van der Waals surface area contributed by atoms with Crippen molar-refractivity contribution >= 4 is 27.9 Å². The summed E-state index contributed by atoms with van der Waals surface area (Å²) in [5.74, 6) is 0.601. The number of rotatable bonds is 9. The smallest absolute Gasteiger partial charge is 0.247 e. The zero-order valence-electron chi connectivity index (χ0n) is 18.6. The topological polar surface area (TPSA) is 121 Å². The van der Waals surface area contributed by atoms with Gasteiger partial charge in [0, 0.05) is 10.6 Å². The molecule has 0 aliphatic carbocycles. The van der Waals surface area contributed by atoms with Crippen molar-refractivity contribution in [3.05, 3.63) is 88.8 Å². The molecule has 0 spiro atoms. The molecule has 0 bridgehead atoms. The number of carbonyl (C=O) groups excluding carboxylic acids is 1. The Bertz CT molecular complexity index is 1440. The van der Waals surface area contributed by atoms with Gasteiger partial charge < -0.3 is 13.9 Å². The molecule has 0 fully saturated rings. The number of nitrogens with zero attached hydrogens (tertiary/aromatic N) is 2. The highest BCUT2D eigenvalue weighted by Gasteiger charge is 2.29. The number of hydrogen-bond donors (Lipinski definition) is 1. The minimum Gasteiger partial charge on any atom is -0.493 e. The maximum absolute atomic E-state index is 13.2. The molecular weight excluding hydrogens is 494 g/mol. The van der Waals surface area contributed by atoms with E-state index in [-0.39, 0.29) is 33.7 Å². The van der Waals surface area contributed by atoms with E-state index in [1.807, 2.05) is 18.2 Å². The van der Waals surface area contributed by atoms with Crippen LogP contribution in [0.2, 0.25) is 5.02 Å². The molecule has 1 atom stereocenters. The maximum atomic E-state index is 13.2. The number of aldehydes is 1. The van der Waals surface area contributed by atoms with E-state index in [0.29, 0.717) is 22.4 Å². The van der Waals surface area contributed by atoms with Gasteiger partial charge in [-0.05, 0) is 54.1 Å². The summed E-state index contributed by atoms with van der Waals surface area (Å²) in [5.41, 5.74) is 1.14. The van der Waals surface area contributed by atoms with Crippen molar-refractivity contribution < 1.29 is 27.1 Å². The Hall–Kier alpha value is -3.73. The molecule has 0 radical (unpaired) electrons. The summed E-state index contributed by atoms with van der Waals surface area (Å²) in [7, 11) is -1.28. The zero-order valence-corrected chi connectivity index (χ0v) is 20.2. The van der Waals surface area contributed by atoms with Gasteiger partial charge in [-0.3, -0.25) is 4.79 Å². The lowest BCUT2D eigenvalue weighted by molar-refractivity contribution is 0.111. The van der Waals surface area contributed by atoms with Gasteiger partial charge >= 0.3 is 0 Å². The summed E-state index contributed by atoms with van der Waals surface area (Å²) in [5, 5.41) is 8.55. The van der Waals surface area contributed by atoms with Gasteiger partial charge in [-0.15, -0.1) is 10.2 Å². The van der Waals surface area contributed by atoms with E-state index in [4.69, 9.17) is 25.5 Å². The molecule has 1 N–H and O–H groups in total. The van der Waals surface area contributed by atoms with E-state index in [0.717, 1.165) is 0 Å². The Balaban J connectivity index is 1.84. The third kappa shape index (κ3) is 5.19. The molecular formula is C24H20ClN3O6S. The molecule has 35 heavy (non-hydrogen) atoms. The highest BCUT2D eigenvalue weighted by atomic mass is 35.5. The van der Waals surface area contributed by atoms with Crippen LogP contribution in [-0.2, 0) is 10.0 Å². The number of sulfonamides is 1. The average molecular weight is 514 g/mol. The lowest BCUT2D eigenvalue weighted by Gasteiger charge is -2.19. The number of aromatic nitrogens is 2. The second kappa shape index (κ2) is 10.3. The molecule has 4 rings (SSSR count). The van der Waals surface area contributed by atoms with Crippen LogP contribution >= 0.6 is 11.6 Å². The maximum Gasteiger partial charge on any atom is 0.247 e. The van der Waals surface area contributed by atoms with Crippen LogP contribution in [0.3, 0.4) is 0 Å². The summed E-state index contributed by atoms with van der Waals surface area (Å²) < 4.78 is 45.6. The van der Waals surface area contributed by atoms with Gasteiger partial charge in [0.25, 0.3) is 0 Å². The number of methoxy groups -OCH3 is 2. The molecule has 180 valence electrons. The number of ether oxygens (including phenoxy) is 2. The van der Waals surface area contributed by atoms with Crippen LogP contribution in [0.4, 0.5) is 0 Å². The fourth-order valence-corrected chi connectivity index (χ4v) is 4.72. The molecule has 4 aromatic rings. The highest BCUT2D eigenvalue weighted by molar-refractivity contribution is 7.89. The fourth-order valence-electron chi connectivity index (χ4n) is 3.42. The molecule has 0 saturated carbocycles. The number of halogens is 1. The predicted octanol–water partition coefficient (Wildman–Crippen LogP) is 4.29. The summed E-state index contributed by atoms with van der Waals surface area (Å²) in [4.78, 5) is 11.7. The Morgan fingerprint density at radius 2 is 1.71 bits per heavy atom. The average Bonchev–Trinajstić information content (AvgIpc) is 3.37.